The van der Waals surface area contributed by atoms with E-state index in [-0.39, 0.29) is 5.76 Å². The number of carbonyl (C=O) groups excluding carboxylic acids is 1. The summed E-state index contributed by atoms with van der Waals surface area (Å²) in [6.07, 6.45) is 1.47. The normalized spacial score (nSPS) is 9.64. The zero-order valence-electron chi connectivity index (χ0n) is 5.96. The van der Waals surface area contributed by atoms with Crippen LogP contribution in [0.1, 0.15) is 17.5 Å². The minimum atomic E-state index is -0.401. The van der Waals surface area contributed by atoms with E-state index in [2.05, 4.69) is 0 Å². The van der Waals surface area contributed by atoms with Gasteiger partial charge in [0.2, 0.25) is 5.76 Å². The Morgan fingerprint density at radius 3 is 3.00 bits per heavy atom. The summed E-state index contributed by atoms with van der Waals surface area (Å²) in [6.45, 7) is 2.13. The summed E-state index contributed by atoms with van der Waals surface area (Å²) >= 11 is 2.02. The third kappa shape index (κ3) is 1.95. The van der Waals surface area contributed by atoms with E-state index in [0.29, 0.717) is 6.61 Å². The van der Waals surface area contributed by atoms with Gasteiger partial charge < -0.3 is 9.15 Å². The molecule has 0 fully saturated rings. The molecule has 3 nitrogen and oxygen atoms in total. The summed E-state index contributed by atoms with van der Waals surface area (Å²) in [5.41, 5.74) is 0. The molecule has 1 aromatic rings. The Morgan fingerprint density at radius 2 is 2.55 bits per heavy atom. The summed E-state index contributed by atoms with van der Waals surface area (Å²) in [6, 6.07) is 1.72. The van der Waals surface area contributed by atoms with E-state index in [0.717, 1.165) is 3.57 Å². The van der Waals surface area contributed by atoms with Crippen LogP contribution in [0.4, 0.5) is 0 Å². The smallest absolute Gasteiger partial charge is 0.375 e. The van der Waals surface area contributed by atoms with E-state index in [1.165, 1.54) is 6.26 Å². The third-order valence-corrected chi connectivity index (χ3v) is 1.93. The first kappa shape index (κ1) is 8.58. The van der Waals surface area contributed by atoms with Gasteiger partial charge in [0.15, 0.2) is 0 Å². The van der Waals surface area contributed by atoms with Crippen LogP contribution in [0.25, 0.3) is 0 Å². The van der Waals surface area contributed by atoms with E-state index in [9.17, 15) is 4.79 Å². The van der Waals surface area contributed by atoms with Gasteiger partial charge in [0, 0.05) is 0 Å². The topological polar surface area (TPSA) is 39.4 Å². The zero-order chi connectivity index (χ0) is 8.27. The molecule has 1 rings (SSSR count). The molecule has 0 aromatic carbocycles. The van der Waals surface area contributed by atoms with Gasteiger partial charge in [-0.3, -0.25) is 0 Å². The standard InChI is InChI=1S/C7H7IO3/c1-2-10-7(9)6-5(8)3-4-11-6/h3-4H,2H2,1H3. The lowest BCUT2D eigenvalue weighted by Crippen LogP contribution is -2.04. The molecule has 0 radical (unpaired) electrons. The van der Waals surface area contributed by atoms with Crippen molar-refractivity contribution < 1.29 is 13.9 Å². The summed E-state index contributed by atoms with van der Waals surface area (Å²) in [5, 5.41) is 0. The maximum absolute atomic E-state index is 11.0. The van der Waals surface area contributed by atoms with Gasteiger partial charge >= 0.3 is 5.97 Å². The molecule has 0 spiro atoms. The number of hydrogen-bond donors (Lipinski definition) is 0. The fraction of sp³-hybridized carbons (Fsp3) is 0.286. The van der Waals surface area contributed by atoms with Crippen molar-refractivity contribution in [1.82, 2.24) is 0 Å². The first-order valence-electron chi connectivity index (χ1n) is 3.15. The van der Waals surface area contributed by atoms with Gasteiger partial charge in [-0.2, -0.15) is 0 Å². The largest absolute Gasteiger partial charge is 0.460 e. The van der Waals surface area contributed by atoms with E-state index in [1.54, 1.807) is 13.0 Å². The van der Waals surface area contributed by atoms with Gasteiger partial charge in [-0.05, 0) is 35.6 Å². The summed E-state index contributed by atoms with van der Waals surface area (Å²) in [4.78, 5) is 11.0. The van der Waals surface area contributed by atoms with Gasteiger partial charge in [0.25, 0.3) is 0 Å². The molecule has 0 aliphatic rings. The van der Waals surface area contributed by atoms with Crippen LogP contribution in [-0.4, -0.2) is 12.6 Å². The molecule has 0 saturated heterocycles. The van der Waals surface area contributed by atoms with Crippen molar-refractivity contribution in [2.75, 3.05) is 6.61 Å². The van der Waals surface area contributed by atoms with Crippen LogP contribution in [0.3, 0.4) is 0 Å². The minimum absolute atomic E-state index is 0.285. The quantitative estimate of drug-likeness (QED) is 0.607. The Hall–Kier alpha value is -0.520. The molecule has 60 valence electrons. The van der Waals surface area contributed by atoms with E-state index >= 15 is 0 Å². The molecule has 4 heteroatoms. The van der Waals surface area contributed by atoms with Crippen LogP contribution in [-0.2, 0) is 4.74 Å². The predicted molar refractivity (Wildman–Crippen MR) is 47.4 cm³/mol. The van der Waals surface area contributed by atoms with Crippen LogP contribution in [0.15, 0.2) is 16.7 Å². The molecule has 0 bridgehead atoms. The van der Waals surface area contributed by atoms with Gasteiger partial charge in [0.05, 0.1) is 16.4 Å². The molecular weight excluding hydrogens is 259 g/mol. The van der Waals surface area contributed by atoms with Gasteiger partial charge in [-0.15, -0.1) is 0 Å². The van der Waals surface area contributed by atoms with Crippen molar-refractivity contribution in [3.63, 3.8) is 0 Å². The highest BCUT2D eigenvalue weighted by Crippen LogP contribution is 2.13. The van der Waals surface area contributed by atoms with Gasteiger partial charge in [-0.1, -0.05) is 0 Å². The van der Waals surface area contributed by atoms with Crippen molar-refractivity contribution in [3.05, 3.63) is 21.7 Å². The third-order valence-electron chi connectivity index (χ3n) is 1.08. The van der Waals surface area contributed by atoms with Gasteiger partial charge in [0.1, 0.15) is 0 Å². The van der Waals surface area contributed by atoms with Crippen LogP contribution >= 0.6 is 22.6 Å². The highest BCUT2D eigenvalue weighted by Gasteiger charge is 2.13. The summed E-state index contributed by atoms with van der Waals surface area (Å²) in [5.74, 6) is -0.116. The Kier molecular flexibility index (Phi) is 2.92. The minimum Gasteiger partial charge on any atom is -0.460 e. The summed E-state index contributed by atoms with van der Waals surface area (Å²) in [7, 11) is 0. The van der Waals surface area contributed by atoms with Crippen LogP contribution in [0.5, 0.6) is 0 Å². The van der Waals surface area contributed by atoms with Crippen molar-refractivity contribution in [2.24, 2.45) is 0 Å². The van der Waals surface area contributed by atoms with E-state index < -0.39 is 5.97 Å². The second-order valence-corrected chi connectivity index (χ2v) is 2.98. The lowest BCUT2D eigenvalue weighted by atomic mass is 10.5. The molecule has 0 amide bonds. The number of furan rings is 1. The number of halogens is 1. The van der Waals surface area contributed by atoms with Crippen LogP contribution < -0.4 is 0 Å². The number of esters is 1. The average molecular weight is 266 g/mol. The van der Waals surface area contributed by atoms with Crippen molar-refractivity contribution in [2.45, 2.75) is 6.92 Å². The first-order chi connectivity index (χ1) is 5.25. The Bertz CT molecular complexity index is 254. The highest BCUT2D eigenvalue weighted by atomic mass is 127. The number of rotatable bonds is 2. The fourth-order valence-corrected chi connectivity index (χ4v) is 1.13. The molecule has 0 aliphatic carbocycles. The van der Waals surface area contributed by atoms with Crippen molar-refractivity contribution in [1.29, 1.82) is 0 Å². The zero-order valence-corrected chi connectivity index (χ0v) is 8.12. The molecular formula is C7H7IO3. The maximum atomic E-state index is 11.0. The SMILES string of the molecule is CCOC(=O)c1occc1I. The predicted octanol–water partition coefficient (Wildman–Crippen LogP) is 2.06. The van der Waals surface area contributed by atoms with E-state index in [4.69, 9.17) is 9.15 Å². The highest BCUT2D eigenvalue weighted by molar-refractivity contribution is 14.1. The number of carbonyl (C=O) groups is 1. The monoisotopic (exact) mass is 266 g/mol. The fourth-order valence-electron chi connectivity index (χ4n) is 0.636. The van der Waals surface area contributed by atoms with E-state index in [1.807, 2.05) is 22.6 Å². The Balaban J connectivity index is 2.76. The maximum Gasteiger partial charge on any atom is 0.375 e. The van der Waals surface area contributed by atoms with Gasteiger partial charge in [-0.25, -0.2) is 4.79 Å². The first-order valence-corrected chi connectivity index (χ1v) is 4.23. The van der Waals surface area contributed by atoms with Crippen molar-refractivity contribution >= 4 is 28.6 Å². The molecule has 0 N–H and O–H groups in total. The average Bonchev–Trinajstić information content (AvgIpc) is 2.36. The molecule has 0 saturated carbocycles. The lowest BCUT2D eigenvalue weighted by molar-refractivity contribution is 0.0488. The lowest BCUT2D eigenvalue weighted by Gasteiger charge is -1.96. The number of hydrogen-bond acceptors (Lipinski definition) is 3. The second-order valence-electron chi connectivity index (χ2n) is 1.82. The van der Waals surface area contributed by atoms with Crippen LogP contribution in [0.2, 0.25) is 0 Å². The molecule has 11 heavy (non-hydrogen) atoms. The molecule has 0 aliphatic heterocycles. The summed E-state index contributed by atoms with van der Waals surface area (Å²) < 4.78 is 10.4. The van der Waals surface area contributed by atoms with Crippen LogP contribution in [0, 0.1) is 3.57 Å². The molecule has 1 aromatic heterocycles. The second kappa shape index (κ2) is 3.75. The molecule has 0 unspecified atom stereocenters. The van der Waals surface area contributed by atoms with Crippen molar-refractivity contribution in [3.8, 4) is 0 Å². The Morgan fingerprint density at radius 1 is 1.82 bits per heavy atom. The Labute approximate surface area is 77.9 Å². The number of ether oxygens (including phenoxy) is 1. The molecule has 0 atom stereocenters. The molecule has 1 heterocycles.